The second-order valence-corrected chi connectivity index (χ2v) is 3.69. The molecule has 0 saturated carbocycles. The van der Waals surface area contributed by atoms with Gasteiger partial charge in [-0.2, -0.15) is 0 Å². The van der Waals surface area contributed by atoms with Crippen LogP contribution in [0.4, 0.5) is 0 Å². The molecular formula is C10H15NO6. The molecule has 0 aliphatic carbocycles. The first-order valence-corrected chi connectivity index (χ1v) is 5.13. The van der Waals surface area contributed by atoms with Crippen LogP contribution in [0.25, 0.3) is 0 Å². The number of rotatable bonds is 3. The van der Waals surface area contributed by atoms with Gasteiger partial charge in [-0.3, -0.25) is 14.4 Å². The highest BCUT2D eigenvalue weighted by molar-refractivity contribution is 5.73. The molecule has 3 atom stereocenters. The van der Waals surface area contributed by atoms with E-state index in [1.54, 1.807) is 0 Å². The van der Waals surface area contributed by atoms with Crippen molar-refractivity contribution in [3.05, 3.63) is 0 Å². The molecule has 0 unspecified atom stereocenters. The molecule has 1 amide bonds. The first kappa shape index (κ1) is 13.4. The van der Waals surface area contributed by atoms with E-state index in [-0.39, 0.29) is 12.5 Å². The van der Waals surface area contributed by atoms with Crippen LogP contribution in [-0.4, -0.2) is 42.9 Å². The summed E-state index contributed by atoms with van der Waals surface area (Å²) in [5.41, 5.74) is 0. The third-order valence-electron chi connectivity index (χ3n) is 2.09. The van der Waals surface area contributed by atoms with E-state index in [1.165, 1.54) is 20.8 Å². The van der Waals surface area contributed by atoms with Crippen molar-refractivity contribution in [3.8, 4) is 0 Å². The van der Waals surface area contributed by atoms with Crippen LogP contribution in [0.15, 0.2) is 0 Å². The van der Waals surface area contributed by atoms with E-state index >= 15 is 0 Å². The zero-order valence-electron chi connectivity index (χ0n) is 9.89. The molecule has 1 N–H and O–H groups in total. The van der Waals surface area contributed by atoms with E-state index in [0.717, 1.165) is 0 Å². The summed E-state index contributed by atoms with van der Waals surface area (Å²) in [4.78, 5) is 32.7. The van der Waals surface area contributed by atoms with Crippen molar-refractivity contribution in [3.63, 3.8) is 0 Å². The molecule has 1 rings (SSSR count). The Labute approximate surface area is 98.4 Å². The zero-order valence-corrected chi connectivity index (χ0v) is 9.89. The highest BCUT2D eigenvalue weighted by Gasteiger charge is 2.42. The van der Waals surface area contributed by atoms with E-state index in [1.807, 2.05) is 0 Å². The summed E-state index contributed by atoms with van der Waals surface area (Å²) in [7, 11) is 0. The largest absolute Gasteiger partial charge is 0.458 e. The van der Waals surface area contributed by atoms with Gasteiger partial charge in [0.15, 0.2) is 6.10 Å². The Kier molecular flexibility index (Phi) is 4.45. The molecule has 0 aromatic rings. The predicted molar refractivity (Wildman–Crippen MR) is 54.7 cm³/mol. The number of carbonyl (C=O) groups is 3. The fourth-order valence-electron chi connectivity index (χ4n) is 1.56. The van der Waals surface area contributed by atoms with Crippen molar-refractivity contribution in [1.29, 1.82) is 0 Å². The van der Waals surface area contributed by atoms with Crippen molar-refractivity contribution in [1.82, 2.24) is 5.32 Å². The van der Waals surface area contributed by atoms with Crippen LogP contribution in [0.5, 0.6) is 0 Å². The number of carbonyl (C=O) groups excluding carboxylic acids is 3. The lowest BCUT2D eigenvalue weighted by Gasteiger charge is -2.22. The monoisotopic (exact) mass is 245 g/mol. The van der Waals surface area contributed by atoms with Crippen molar-refractivity contribution in [2.45, 2.75) is 39.2 Å². The Hall–Kier alpha value is -1.63. The molecule has 0 aromatic heterocycles. The van der Waals surface area contributed by atoms with E-state index in [4.69, 9.17) is 14.2 Å². The Morgan fingerprint density at radius 1 is 1.12 bits per heavy atom. The van der Waals surface area contributed by atoms with Crippen molar-refractivity contribution in [2.75, 3.05) is 6.61 Å². The van der Waals surface area contributed by atoms with Crippen LogP contribution >= 0.6 is 0 Å². The standard InChI is InChI=1S/C10H15NO6/c1-5(12)11-9-8(16-6(2)13)4-15-10(9)17-7(3)14/h8-10H,4H2,1-3H3,(H,11,12)/t8-,9+,10+/m1/s1. The Morgan fingerprint density at radius 2 is 1.71 bits per heavy atom. The normalized spacial score (nSPS) is 27.4. The lowest BCUT2D eigenvalue weighted by molar-refractivity contribution is -0.170. The van der Waals surface area contributed by atoms with Crippen LogP contribution < -0.4 is 5.32 Å². The van der Waals surface area contributed by atoms with Crippen molar-refractivity contribution < 1.29 is 28.6 Å². The number of hydrogen-bond acceptors (Lipinski definition) is 6. The summed E-state index contributed by atoms with van der Waals surface area (Å²) < 4.78 is 15.0. The molecule has 1 aliphatic heterocycles. The smallest absolute Gasteiger partial charge is 0.305 e. The van der Waals surface area contributed by atoms with Gasteiger partial charge in [-0.1, -0.05) is 0 Å². The van der Waals surface area contributed by atoms with E-state index in [0.29, 0.717) is 0 Å². The van der Waals surface area contributed by atoms with Gasteiger partial charge in [0.05, 0.1) is 6.61 Å². The van der Waals surface area contributed by atoms with Crippen LogP contribution in [0, 0.1) is 0 Å². The van der Waals surface area contributed by atoms with Gasteiger partial charge in [-0.15, -0.1) is 0 Å². The summed E-state index contributed by atoms with van der Waals surface area (Å²) in [6, 6.07) is -0.680. The van der Waals surface area contributed by atoms with Gasteiger partial charge in [0.1, 0.15) is 6.04 Å². The summed E-state index contributed by atoms with van der Waals surface area (Å²) in [5, 5.41) is 2.53. The van der Waals surface area contributed by atoms with Crippen LogP contribution in [0.1, 0.15) is 20.8 Å². The summed E-state index contributed by atoms with van der Waals surface area (Å²) in [6.07, 6.45) is -1.58. The third kappa shape index (κ3) is 4.03. The van der Waals surface area contributed by atoms with E-state index in [9.17, 15) is 14.4 Å². The number of esters is 2. The van der Waals surface area contributed by atoms with Gasteiger partial charge in [-0.25, -0.2) is 0 Å². The summed E-state index contributed by atoms with van der Waals surface area (Å²) >= 11 is 0. The number of hydrogen-bond donors (Lipinski definition) is 1. The molecule has 7 heteroatoms. The second-order valence-electron chi connectivity index (χ2n) is 3.69. The quantitative estimate of drug-likeness (QED) is 0.664. The van der Waals surface area contributed by atoms with E-state index < -0.39 is 30.4 Å². The molecule has 17 heavy (non-hydrogen) atoms. The van der Waals surface area contributed by atoms with Crippen LogP contribution in [-0.2, 0) is 28.6 Å². The van der Waals surface area contributed by atoms with Crippen molar-refractivity contribution in [2.24, 2.45) is 0 Å². The minimum atomic E-state index is -0.930. The second kappa shape index (κ2) is 5.62. The molecule has 1 saturated heterocycles. The summed E-state index contributed by atoms with van der Waals surface area (Å²) in [6.45, 7) is 3.87. The first-order chi connectivity index (χ1) is 7.90. The maximum Gasteiger partial charge on any atom is 0.305 e. The molecule has 0 bridgehead atoms. The minimum Gasteiger partial charge on any atom is -0.458 e. The minimum absolute atomic E-state index is 0.0719. The molecule has 0 radical (unpaired) electrons. The summed E-state index contributed by atoms with van der Waals surface area (Å²) in [5.74, 6) is -1.35. The Balaban J connectivity index is 2.69. The first-order valence-electron chi connectivity index (χ1n) is 5.13. The number of nitrogens with one attached hydrogen (secondary N) is 1. The average Bonchev–Trinajstić information content (AvgIpc) is 2.47. The highest BCUT2D eigenvalue weighted by Crippen LogP contribution is 2.19. The number of amides is 1. The molecule has 1 heterocycles. The van der Waals surface area contributed by atoms with Crippen LogP contribution in [0.2, 0.25) is 0 Å². The van der Waals surface area contributed by atoms with Crippen molar-refractivity contribution >= 4 is 17.8 Å². The zero-order chi connectivity index (χ0) is 13.0. The average molecular weight is 245 g/mol. The van der Waals surface area contributed by atoms with Gasteiger partial charge in [0, 0.05) is 20.8 Å². The Bertz CT molecular complexity index is 305. The fourth-order valence-corrected chi connectivity index (χ4v) is 1.56. The predicted octanol–water partition coefficient (Wildman–Crippen LogP) is -0.658. The molecule has 96 valence electrons. The van der Waals surface area contributed by atoms with Gasteiger partial charge in [0.2, 0.25) is 12.2 Å². The topological polar surface area (TPSA) is 90.9 Å². The van der Waals surface area contributed by atoms with Gasteiger partial charge >= 0.3 is 11.9 Å². The van der Waals surface area contributed by atoms with Gasteiger partial charge < -0.3 is 19.5 Å². The Morgan fingerprint density at radius 3 is 2.18 bits per heavy atom. The molecule has 7 nitrogen and oxygen atoms in total. The fraction of sp³-hybridized carbons (Fsp3) is 0.700. The SMILES string of the molecule is CC(=O)N[C@@H]1[C@H](OC(C)=O)OC[C@H]1OC(C)=O. The molecule has 1 aliphatic rings. The van der Waals surface area contributed by atoms with Crippen LogP contribution in [0.3, 0.4) is 0 Å². The molecule has 0 aromatic carbocycles. The third-order valence-corrected chi connectivity index (χ3v) is 2.09. The number of ether oxygens (including phenoxy) is 3. The lowest BCUT2D eigenvalue weighted by Crippen LogP contribution is -2.48. The maximum absolute atomic E-state index is 11.0. The molecule has 1 fully saturated rings. The molecular weight excluding hydrogens is 230 g/mol. The van der Waals surface area contributed by atoms with Gasteiger partial charge in [-0.05, 0) is 0 Å². The lowest BCUT2D eigenvalue weighted by atomic mass is 10.2. The van der Waals surface area contributed by atoms with E-state index in [2.05, 4.69) is 5.32 Å². The maximum atomic E-state index is 11.0. The molecule has 0 spiro atoms. The van der Waals surface area contributed by atoms with Gasteiger partial charge in [0.25, 0.3) is 0 Å². The highest BCUT2D eigenvalue weighted by atomic mass is 16.7.